The molecule has 0 aromatic heterocycles. The molecule has 0 saturated heterocycles. The van der Waals surface area contributed by atoms with Crippen molar-refractivity contribution >= 4 is 0 Å². The zero-order valence-electron chi connectivity index (χ0n) is 14.3. The SMILES string of the molecule is Cc1ccc(Cc2ccc(Cc3ccc(C)cc3)c(C)c2)cc1. The van der Waals surface area contributed by atoms with Crippen LogP contribution in [-0.4, -0.2) is 0 Å². The molecule has 0 atom stereocenters. The van der Waals surface area contributed by atoms with E-state index < -0.39 is 0 Å². The number of aryl methyl sites for hydroxylation is 3. The maximum atomic E-state index is 2.34. The van der Waals surface area contributed by atoms with Gasteiger partial charge < -0.3 is 0 Å². The van der Waals surface area contributed by atoms with Crippen LogP contribution in [0.1, 0.15) is 38.9 Å². The van der Waals surface area contributed by atoms with E-state index in [9.17, 15) is 0 Å². The summed E-state index contributed by atoms with van der Waals surface area (Å²) in [4.78, 5) is 0. The lowest BCUT2D eigenvalue weighted by molar-refractivity contribution is 1.12. The molecule has 0 heteroatoms. The number of rotatable bonds is 4. The minimum atomic E-state index is 1.01. The monoisotopic (exact) mass is 300 g/mol. The van der Waals surface area contributed by atoms with Crippen molar-refractivity contribution in [3.8, 4) is 0 Å². The Hall–Kier alpha value is -2.34. The molecule has 0 radical (unpaired) electrons. The highest BCUT2D eigenvalue weighted by Gasteiger charge is 2.03. The second kappa shape index (κ2) is 6.83. The second-order valence-corrected chi connectivity index (χ2v) is 6.59. The minimum Gasteiger partial charge on any atom is -0.0590 e. The Labute approximate surface area is 139 Å². The zero-order valence-corrected chi connectivity index (χ0v) is 14.3. The molecule has 0 heterocycles. The summed E-state index contributed by atoms with van der Waals surface area (Å²) in [7, 11) is 0. The van der Waals surface area contributed by atoms with Gasteiger partial charge in [-0.15, -0.1) is 0 Å². The largest absolute Gasteiger partial charge is 0.0590 e. The van der Waals surface area contributed by atoms with E-state index >= 15 is 0 Å². The summed E-state index contributed by atoms with van der Waals surface area (Å²) in [6.45, 7) is 6.49. The van der Waals surface area contributed by atoms with E-state index in [1.807, 2.05) is 0 Å². The molecular weight excluding hydrogens is 276 g/mol. The van der Waals surface area contributed by atoms with E-state index in [-0.39, 0.29) is 0 Å². The molecule has 0 spiro atoms. The van der Waals surface area contributed by atoms with Crippen LogP contribution in [0.3, 0.4) is 0 Å². The zero-order chi connectivity index (χ0) is 16.2. The van der Waals surface area contributed by atoms with Gasteiger partial charge in [-0.2, -0.15) is 0 Å². The Balaban J connectivity index is 1.75. The van der Waals surface area contributed by atoms with Crippen molar-refractivity contribution in [2.24, 2.45) is 0 Å². The van der Waals surface area contributed by atoms with E-state index in [4.69, 9.17) is 0 Å². The molecule has 0 aliphatic heterocycles. The third kappa shape index (κ3) is 4.10. The number of hydrogen-bond donors (Lipinski definition) is 0. The van der Waals surface area contributed by atoms with Crippen LogP contribution in [0.15, 0.2) is 66.7 Å². The fraction of sp³-hybridized carbons (Fsp3) is 0.217. The van der Waals surface area contributed by atoms with Crippen LogP contribution in [-0.2, 0) is 12.8 Å². The minimum absolute atomic E-state index is 1.01. The van der Waals surface area contributed by atoms with Gasteiger partial charge in [0.25, 0.3) is 0 Å². The van der Waals surface area contributed by atoms with Crippen molar-refractivity contribution in [2.45, 2.75) is 33.6 Å². The van der Waals surface area contributed by atoms with Gasteiger partial charge in [-0.1, -0.05) is 77.9 Å². The average molecular weight is 300 g/mol. The summed E-state index contributed by atoms with van der Waals surface area (Å²) in [5.74, 6) is 0. The topological polar surface area (TPSA) is 0 Å². The van der Waals surface area contributed by atoms with Crippen molar-refractivity contribution in [3.05, 3.63) is 106 Å². The molecule has 3 aromatic rings. The van der Waals surface area contributed by atoms with Gasteiger partial charge in [0.15, 0.2) is 0 Å². The van der Waals surface area contributed by atoms with E-state index in [1.165, 1.54) is 38.9 Å². The summed E-state index contributed by atoms with van der Waals surface area (Å²) in [5.41, 5.74) is 9.58. The van der Waals surface area contributed by atoms with Crippen molar-refractivity contribution in [3.63, 3.8) is 0 Å². The van der Waals surface area contributed by atoms with Gasteiger partial charge in [-0.3, -0.25) is 0 Å². The molecule has 0 aliphatic carbocycles. The standard InChI is InChI=1S/C23H24/c1-17-4-8-20(9-5-17)15-22-12-13-23(19(3)14-22)16-21-10-6-18(2)7-11-21/h4-14H,15-16H2,1-3H3. The quantitative estimate of drug-likeness (QED) is 0.572. The van der Waals surface area contributed by atoms with Crippen LogP contribution < -0.4 is 0 Å². The predicted octanol–water partition coefficient (Wildman–Crippen LogP) is 5.79. The van der Waals surface area contributed by atoms with Gasteiger partial charge in [-0.05, 0) is 61.4 Å². The smallest absolute Gasteiger partial charge is 0.00231 e. The first-order valence-electron chi connectivity index (χ1n) is 8.29. The summed E-state index contributed by atoms with van der Waals surface area (Å²) in [6, 6.07) is 24.6. The van der Waals surface area contributed by atoms with Crippen molar-refractivity contribution in [1.82, 2.24) is 0 Å². The van der Waals surface area contributed by atoms with Crippen LogP contribution in [0, 0.1) is 20.8 Å². The highest BCUT2D eigenvalue weighted by atomic mass is 14.1. The Bertz CT molecular complexity index is 777. The Kier molecular flexibility index (Phi) is 4.62. The van der Waals surface area contributed by atoms with Crippen LogP contribution >= 0.6 is 0 Å². The fourth-order valence-electron chi connectivity index (χ4n) is 2.93. The number of benzene rings is 3. The molecular formula is C23H24. The van der Waals surface area contributed by atoms with Gasteiger partial charge in [0.2, 0.25) is 0 Å². The molecule has 0 amide bonds. The third-order valence-corrected chi connectivity index (χ3v) is 4.45. The van der Waals surface area contributed by atoms with Gasteiger partial charge in [-0.25, -0.2) is 0 Å². The Morgan fingerprint density at radius 1 is 0.522 bits per heavy atom. The Morgan fingerprint density at radius 3 is 1.52 bits per heavy atom. The highest BCUT2D eigenvalue weighted by Crippen LogP contribution is 2.18. The molecule has 0 fully saturated rings. The molecule has 116 valence electrons. The first kappa shape index (κ1) is 15.6. The first-order valence-corrected chi connectivity index (χ1v) is 8.29. The number of hydrogen-bond acceptors (Lipinski definition) is 0. The molecule has 0 bridgehead atoms. The molecule has 0 N–H and O–H groups in total. The summed E-state index contributed by atoms with van der Waals surface area (Å²) in [5, 5.41) is 0. The van der Waals surface area contributed by atoms with Gasteiger partial charge >= 0.3 is 0 Å². The third-order valence-electron chi connectivity index (χ3n) is 4.45. The average Bonchev–Trinajstić information content (AvgIpc) is 2.54. The predicted molar refractivity (Wildman–Crippen MR) is 99.1 cm³/mol. The van der Waals surface area contributed by atoms with Crippen LogP contribution in [0.25, 0.3) is 0 Å². The van der Waals surface area contributed by atoms with E-state index in [0.717, 1.165) is 12.8 Å². The fourth-order valence-corrected chi connectivity index (χ4v) is 2.93. The van der Waals surface area contributed by atoms with Crippen molar-refractivity contribution in [1.29, 1.82) is 0 Å². The lowest BCUT2D eigenvalue weighted by Crippen LogP contribution is -1.95. The van der Waals surface area contributed by atoms with Crippen LogP contribution in [0.5, 0.6) is 0 Å². The molecule has 23 heavy (non-hydrogen) atoms. The van der Waals surface area contributed by atoms with E-state index in [0.29, 0.717) is 0 Å². The molecule has 3 rings (SSSR count). The molecule has 3 aromatic carbocycles. The summed E-state index contributed by atoms with van der Waals surface area (Å²) in [6.07, 6.45) is 2.02. The molecule has 0 saturated carbocycles. The second-order valence-electron chi connectivity index (χ2n) is 6.59. The van der Waals surface area contributed by atoms with Crippen LogP contribution in [0.2, 0.25) is 0 Å². The summed E-state index contributed by atoms with van der Waals surface area (Å²) >= 11 is 0. The van der Waals surface area contributed by atoms with Crippen LogP contribution in [0.4, 0.5) is 0 Å². The maximum absolute atomic E-state index is 2.34. The highest BCUT2D eigenvalue weighted by molar-refractivity contribution is 5.38. The Morgan fingerprint density at radius 2 is 1.00 bits per heavy atom. The van der Waals surface area contributed by atoms with Crippen molar-refractivity contribution in [2.75, 3.05) is 0 Å². The molecule has 0 nitrogen and oxygen atoms in total. The van der Waals surface area contributed by atoms with Gasteiger partial charge in [0, 0.05) is 0 Å². The first-order chi connectivity index (χ1) is 11.1. The van der Waals surface area contributed by atoms with Gasteiger partial charge in [0.05, 0.1) is 0 Å². The summed E-state index contributed by atoms with van der Waals surface area (Å²) < 4.78 is 0. The van der Waals surface area contributed by atoms with Crippen molar-refractivity contribution < 1.29 is 0 Å². The van der Waals surface area contributed by atoms with E-state index in [2.05, 4.69) is 87.5 Å². The lowest BCUT2D eigenvalue weighted by Gasteiger charge is -2.10. The molecule has 0 unspecified atom stereocenters. The van der Waals surface area contributed by atoms with E-state index in [1.54, 1.807) is 0 Å². The molecule has 0 aliphatic rings. The normalized spacial score (nSPS) is 10.7. The van der Waals surface area contributed by atoms with Gasteiger partial charge in [0.1, 0.15) is 0 Å². The lowest BCUT2D eigenvalue weighted by atomic mass is 9.96. The maximum Gasteiger partial charge on any atom is -0.00231 e.